The molecule has 3 N–H and O–H groups in total. The molecule has 0 spiro atoms. The van der Waals surface area contributed by atoms with Crippen molar-refractivity contribution in [3.63, 3.8) is 0 Å². The SMILES string of the molecule is Cc1ccc(Sc2cc3[nH]c(=O)oc3cc2N)cc1C. The predicted octanol–water partition coefficient (Wildman–Crippen LogP) is 3.47. The summed E-state index contributed by atoms with van der Waals surface area (Å²) in [7, 11) is 0. The van der Waals surface area contributed by atoms with E-state index in [0.717, 1.165) is 9.79 Å². The maximum Gasteiger partial charge on any atom is 0.417 e. The van der Waals surface area contributed by atoms with Crippen molar-refractivity contribution in [3.05, 3.63) is 52.0 Å². The number of anilines is 1. The van der Waals surface area contributed by atoms with Crippen molar-refractivity contribution in [3.8, 4) is 0 Å². The van der Waals surface area contributed by atoms with E-state index in [9.17, 15) is 4.79 Å². The summed E-state index contributed by atoms with van der Waals surface area (Å²) in [5.41, 5.74) is 10.3. The fourth-order valence-corrected chi connectivity index (χ4v) is 2.97. The Bertz CT molecular complexity index is 849. The van der Waals surface area contributed by atoms with Gasteiger partial charge in [-0.25, -0.2) is 4.79 Å². The summed E-state index contributed by atoms with van der Waals surface area (Å²) < 4.78 is 4.99. The number of benzene rings is 2. The van der Waals surface area contributed by atoms with Gasteiger partial charge in [-0.15, -0.1) is 0 Å². The molecule has 3 rings (SSSR count). The Kier molecular flexibility index (Phi) is 3.06. The molecule has 3 aromatic rings. The molecule has 0 aliphatic heterocycles. The Balaban J connectivity index is 2.02. The van der Waals surface area contributed by atoms with Crippen LogP contribution in [0.25, 0.3) is 11.1 Å². The van der Waals surface area contributed by atoms with Crippen LogP contribution in [0.1, 0.15) is 11.1 Å². The van der Waals surface area contributed by atoms with Crippen LogP contribution in [0.5, 0.6) is 0 Å². The number of aromatic amines is 1. The molecule has 0 saturated carbocycles. The molecule has 20 heavy (non-hydrogen) atoms. The van der Waals surface area contributed by atoms with Crippen molar-refractivity contribution >= 4 is 28.5 Å². The number of aromatic nitrogens is 1. The Morgan fingerprint density at radius 1 is 1.15 bits per heavy atom. The number of hydrogen-bond acceptors (Lipinski definition) is 4. The number of H-pyrrole nitrogens is 1. The number of aryl methyl sites for hydroxylation is 2. The molecule has 0 unspecified atom stereocenters. The van der Waals surface area contributed by atoms with Crippen LogP contribution in [0.3, 0.4) is 0 Å². The van der Waals surface area contributed by atoms with Crippen LogP contribution in [0.4, 0.5) is 5.69 Å². The second-order valence-corrected chi connectivity index (χ2v) is 5.86. The second-order valence-electron chi connectivity index (χ2n) is 4.75. The molecule has 1 aromatic heterocycles. The van der Waals surface area contributed by atoms with Crippen molar-refractivity contribution in [2.45, 2.75) is 23.6 Å². The van der Waals surface area contributed by atoms with Gasteiger partial charge in [0.15, 0.2) is 5.58 Å². The van der Waals surface area contributed by atoms with E-state index in [1.807, 2.05) is 6.07 Å². The summed E-state index contributed by atoms with van der Waals surface area (Å²) in [6.45, 7) is 4.17. The van der Waals surface area contributed by atoms with E-state index in [-0.39, 0.29) is 0 Å². The van der Waals surface area contributed by atoms with E-state index in [4.69, 9.17) is 10.2 Å². The second kappa shape index (κ2) is 4.76. The first-order valence-electron chi connectivity index (χ1n) is 6.20. The zero-order valence-corrected chi connectivity index (χ0v) is 12.0. The standard InChI is InChI=1S/C15H14N2O2S/c1-8-3-4-10(5-9(8)2)20-14-7-12-13(6-11(14)16)19-15(18)17-12/h3-7H,16H2,1-2H3,(H,17,18). The van der Waals surface area contributed by atoms with Crippen LogP contribution in [0.2, 0.25) is 0 Å². The highest BCUT2D eigenvalue weighted by molar-refractivity contribution is 7.99. The average molecular weight is 286 g/mol. The lowest BCUT2D eigenvalue weighted by Crippen LogP contribution is -1.93. The summed E-state index contributed by atoms with van der Waals surface area (Å²) >= 11 is 1.57. The molecule has 0 bridgehead atoms. The number of oxazole rings is 1. The number of hydrogen-bond donors (Lipinski definition) is 2. The smallest absolute Gasteiger partial charge is 0.408 e. The van der Waals surface area contributed by atoms with Gasteiger partial charge in [-0.2, -0.15) is 0 Å². The van der Waals surface area contributed by atoms with Crippen LogP contribution in [-0.4, -0.2) is 4.98 Å². The quantitative estimate of drug-likeness (QED) is 0.707. The van der Waals surface area contributed by atoms with Crippen molar-refractivity contribution in [2.24, 2.45) is 0 Å². The molecule has 0 atom stereocenters. The Morgan fingerprint density at radius 3 is 2.70 bits per heavy atom. The fraction of sp³-hybridized carbons (Fsp3) is 0.133. The lowest BCUT2D eigenvalue weighted by molar-refractivity contribution is 0.555. The van der Waals surface area contributed by atoms with Gasteiger partial charge in [-0.05, 0) is 43.2 Å². The minimum atomic E-state index is -0.465. The summed E-state index contributed by atoms with van der Waals surface area (Å²) in [5, 5.41) is 0. The third kappa shape index (κ3) is 2.32. The molecular weight excluding hydrogens is 272 g/mol. The molecule has 0 aliphatic rings. The minimum absolute atomic E-state index is 0.465. The van der Waals surface area contributed by atoms with E-state index in [1.165, 1.54) is 11.1 Å². The maximum absolute atomic E-state index is 11.2. The normalized spacial score (nSPS) is 11.1. The van der Waals surface area contributed by atoms with Crippen molar-refractivity contribution in [2.75, 3.05) is 5.73 Å². The number of nitrogens with one attached hydrogen (secondary N) is 1. The molecule has 2 aromatic carbocycles. The van der Waals surface area contributed by atoms with Crippen LogP contribution in [-0.2, 0) is 0 Å². The maximum atomic E-state index is 11.2. The van der Waals surface area contributed by atoms with Gasteiger partial charge in [0, 0.05) is 21.5 Å². The van der Waals surface area contributed by atoms with Gasteiger partial charge in [0.05, 0.1) is 5.52 Å². The number of fused-ring (bicyclic) bond motifs is 1. The third-order valence-corrected chi connectivity index (χ3v) is 4.32. The summed E-state index contributed by atoms with van der Waals surface area (Å²) in [6, 6.07) is 9.80. The first-order chi connectivity index (χ1) is 9.52. The van der Waals surface area contributed by atoms with Gasteiger partial charge in [0.25, 0.3) is 0 Å². The van der Waals surface area contributed by atoms with Gasteiger partial charge >= 0.3 is 5.76 Å². The largest absolute Gasteiger partial charge is 0.417 e. The molecule has 0 saturated heterocycles. The Labute approximate surface area is 120 Å². The van der Waals surface area contributed by atoms with Gasteiger partial charge in [0.2, 0.25) is 0 Å². The molecule has 102 valence electrons. The van der Waals surface area contributed by atoms with E-state index >= 15 is 0 Å². The molecular formula is C15H14N2O2S. The van der Waals surface area contributed by atoms with Crippen LogP contribution < -0.4 is 11.5 Å². The molecule has 0 radical (unpaired) electrons. The molecule has 1 heterocycles. The summed E-state index contributed by atoms with van der Waals surface area (Å²) in [6.07, 6.45) is 0. The van der Waals surface area contributed by atoms with E-state index < -0.39 is 5.76 Å². The lowest BCUT2D eigenvalue weighted by Gasteiger charge is -2.07. The first-order valence-corrected chi connectivity index (χ1v) is 7.02. The van der Waals surface area contributed by atoms with E-state index in [2.05, 4.69) is 37.0 Å². The number of nitrogen functional groups attached to an aromatic ring is 1. The monoisotopic (exact) mass is 286 g/mol. The topological polar surface area (TPSA) is 72.0 Å². The highest BCUT2D eigenvalue weighted by Crippen LogP contribution is 2.35. The zero-order chi connectivity index (χ0) is 14.3. The van der Waals surface area contributed by atoms with Crippen LogP contribution in [0.15, 0.2) is 49.3 Å². The van der Waals surface area contributed by atoms with Crippen LogP contribution in [0, 0.1) is 13.8 Å². The minimum Gasteiger partial charge on any atom is -0.408 e. The summed E-state index contributed by atoms with van der Waals surface area (Å²) in [4.78, 5) is 15.8. The van der Waals surface area contributed by atoms with Gasteiger partial charge in [-0.1, -0.05) is 17.8 Å². The highest BCUT2D eigenvalue weighted by Gasteiger charge is 2.08. The molecule has 0 amide bonds. The summed E-state index contributed by atoms with van der Waals surface area (Å²) in [5.74, 6) is -0.465. The zero-order valence-electron chi connectivity index (χ0n) is 11.2. The van der Waals surface area contributed by atoms with Gasteiger partial charge in [0.1, 0.15) is 0 Å². The molecule has 0 aliphatic carbocycles. The van der Waals surface area contributed by atoms with Crippen LogP contribution >= 0.6 is 11.8 Å². The highest BCUT2D eigenvalue weighted by atomic mass is 32.2. The fourth-order valence-electron chi connectivity index (χ4n) is 1.99. The van der Waals surface area contributed by atoms with Gasteiger partial charge < -0.3 is 10.2 Å². The van der Waals surface area contributed by atoms with E-state index in [1.54, 1.807) is 17.8 Å². The average Bonchev–Trinajstić information content (AvgIpc) is 2.73. The van der Waals surface area contributed by atoms with Gasteiger partial charge in [-0.3, -0.25) is 4.98 Å². The predicted molar refractivity (Wildman–Crippen MR) is 81.3 cm³/mol. The molecule has 0 fully saturated rings. The third-order valence-electron chi connectivity index (χ3n) is 3.26. The van der Waals surface area contributed by atoms with Crippen molar-refractivity contribution in [1.82, 2.24) is 4.98 Å². The number of nitrogens with two attached hydrogens (primary N) is 1. The Hall–Kier alpha value is -2.14. The first kappa shape index (κ1) is 12.9. The lowest BCUT2D eigenvalue weighted by atomic mass is 10.1. The van der Waals surface area contributed by atoms with Crippen molar-refractivity contribution < 1.29 is 4.42 Å². The number of rotatable bonds is 2. The van der Waals surface area contributed by atoms with Crippen molar-refractivity contribution in [1.29, 1.82) is 0 Å². The Morgan fingerprint density at radius 2 is 1.95 bits per heavy atom. The van der Waals surface area contributed by atoms with E-state index in [0.29, 0.717) is 16.8 Å². The molecule has 4 nitrogen and oxygen atoms in total. The molecule has 5 heteroatoms.